The second-order valence-electron chi connectivity index (χ2n) is 7.86. The zero-order valence-corrected chi connectivity index (χ0v) is 17.0. The van der Waals surface area contributed by atoms with Gasteiger partial charge in [0, 0.05) is 28.4 Å². The van der Waals surface area contributed by atoms with Gasteiger partial charge in [0.05, 0.1) is 17.3 Å². The number of nitrogens with two attached hydrogens (primary N) is 1. The minimum Gasteiger partial charge on any atom is -0.464 e. The summed E-state index contributed by atoms with van der Waals surface area (Å²) in [5.41, 5.74) is 13.0. The number of amides is 1. The highest BCUT2D eigenvalue weighted by Gasteiger charge is 2.17. The van der Waals surface area contributed by atoms with Crippen molar-refractivity contribution in [1.82, 2.24) is 4.57 Å². The van der Waals surface area contributed by atoms with Gasteiger partial charge in [-0.3, -0.25) is 4.79 Å². The lowest BCUT2D eigenvalue weighted by Gasteiger charge is -2.10. The van der Waals surface area contributed by atoms with Gasteiger partial charge in [-0.15, -0.1) is 0 Å². The molecule has 0 bridgehead atoms. The van der Waals surface area contributed by atoms with Crippen LogP contribution >= 0.6 is 0 Å². The quantitative estimate of drug-likeness (QED) is 0.418. The van der Waals surface area contributed by atoms with Gasteiger partial charge in [-0.25, -0.2) is 0 Å². The highest BCUT2D eigenvalue weighted by Crippen LogP contribution is 2.35. The molecule has 2 aromatic heterocycles. The van der Waals surface area contributed by atoms with Crippen LogP contribution in [0, 0.1) is 13.8 Å². The first-order chi connectivity index (χ1) is 14.5. The Balaban J connectivity index is 1.82. The standard InChI is InChI=1S/C26H22N2O2/c1-16-11-17(2)13-18(12-16)15-28-22-6-3-5-21(26(27)29)25(22)20-9-8-19(14-23(20)28)24-7-4-10-30-24/h3-14H,15H2,1-2H3,(H2,27,29). The van der Waals surface area contributed by atoms with Gasteiger partial charge >= 0.3 is 0 Å². The zero-order valence-electron chi connectivity index (χ0n) is 17.0. The molecular formula is C26H22N2O2. The molecule has 0 aliphatic heterocycles. The average molecular weight is 394 g/mol. The molecule has 0 spiro atoms. The lowest BCUT2D eigenvalue weighted by Crippen LogP contribution is -2.11. The van der Waals surface area contributed by atoms with Crippen molar-refractivity contribution in [3.63, 3.8) is 0 Å². The minimum absolute atomic E-state index is 0.416. The molecule has 4 heteroatoms. The van der Waals surface area contributed by atoms with Crippen LogP contribution in [0.25, 0.3) is 33.1 Å². The lowest BCUT2D eigenvalue weighted by molar-refractivity contribution is 0.100. The van der Waals surface area contributed by atoms with Crippen LogP contribution < -0.4 is 5.73 Å². The fourth-order valence-corrected chi connectivity index (χ4v) is 4.46. The maximum atomic E-state index is 12.2. The van der Waals surface area contributed by atoms with Gasteiger partial charge in [-0.1, -0.05) is 47.5 Å². The number of carbonyl (C=O) groups excluding carboxylic acids is 1. The van der Waals surface area contributed by atoms with E-state index in [1.54, 1.807) is 12.3 Å². The van der Waals surface area contributed by atoms with Gasteiger partial charge in [0.15, 0.2) is 0 Å². The predicted molar refractivity (Wildman–Crippen MR) is 121 cm³/mol. The first kappa shape index (κ1) is 18.3. The van der Waals surface area contributed by atoms with Gasteiger partial charge in [-0.2, -0.15) is 0 Å². The molecule has 30 heavy (non-hydrogen) atoms. The third-order valence-corrected chi connectivity index (χ3v) is 5.58. The number of fused-ring (bicyclic) bond motifs is 3. The van der Waals surface area contributed by atoms with Crippen molar-refractivity contribution in [2.45, 2.75) is 20.4 Å². The van der Waals surface area contributed by atoms with Crippen LogP contribution in [0.3, 0.4) is 0 Å². The Bertz CT molecular complexity index is 1390. The Morgan fingerprint density at radius 1 is 0.933 bits per heavy atom. The van der Waals surface area contributed by atoms with Crippen LogP contribution in [0.2, 0.25) is 0 Å². The van der Waals surface area contributed by atoms with Gasteiger partial charge in [0.2, 0.25) is 5.91 Å². The lowest BCUT2D eigenvalue weighted by atomic mass is 10.0. The summed E-state index contributed by atoms with van der Waals surface area (Å²) in [5.74, 6) is 0.399. The van der Waals surface area contributed by atoms with Gasteiger partial charge < -0.3 is 14.7 Å². The van der Waals surface area contributed by atoms with Crippen molar-refractivity contribution in [3.05, 3.63) is 95.2 Å². The topological polar surface area (TPSA) is 61.2 Å². The Labute approximate surface area is 174 Å². The molecule has 0 atom stereocenters. The summed E-state index contributed by atoms with van der Waals surface area (Å²) in [6, 6.07) is 22.4. The first-order valence-corrected chi connectivity index (χ1v) is 9.97. The van der Waals surface area contributed by atoms with Crippen molar-refractivity contribution in [3.8, 4) is 11.3 Å². The number of benzene rings is 3. The fourth-order valence-electron chi connectivity index (χ4n) is 4.46. The van der Waals surface area contributed by atoms with Crippen LogP contribution in [-0.2, 0) is 6.54 Å². The van der Waals surface area contributed by atoms with Gasteiger partial charge in [0.1, 0.15) is 5.76 Å². The van der Waals surface area contributed by atoms with E-state index in [0.717, 1.165) is 33.1 Å². The molecule has 1 amide bonds. The molecule has 2 N–H and O–H groups in total. The van der Waals surface area contributed by atoms with E-state index in [2.05, 4.69) is 54.8 Å². The average Bonchev–Trinajstić information content (AvgIpc) is 3.34. The number of primary amides is 1. The number of hydrogen-bond acceptors (Lipinski definition) is 2. The second kappa shape index (κ2) is 6.92. The van der Waals surface area contributed by atoms with E-state index >= 15 is 0 Å². The Hall–Kier alpha value is -3.79. The van der Waals surface area contributed by atoms with Crippen molar-refractivity contribution in [2.24, 2.45) is 5.73 Å². The molecule has 0 fully saturated rings. The van der Waals surface area contributed by atoms with Crippen LogP contribution in [0.5, 0.6) is 0 Å². The van der Waals surface area contributed by atoms with Crippen molar-refractivity contribution < 1.29 is 9.21 Å². The van der Waals surface area contributed by atoms with E-state index in [0.29, 0.717) is 12.1 Å². The van der Waals surface area contributed by atoms with E-state index in [1.807, 2.05) is 24.3 Å². The Kier molecular flexibility index (Phi) is 4.21. The van der Waals surface area contributed by atoms with Crippen LogP contribution in [-0.4, -0.2) is 10.5 Å². The van der Waals surface area contributed by atoms with E-state index in [4.69, 9.17) is 10.2 Å². The van der Waals surface area contributed by atoms with Crippen molar-refractivity contribution >= 4 is 27.7 Å². The van der Waals surface area contributed by atoms with Gasteiger partial charge in [-0.05, 0) is 49.7 Å². The van der Waals surface area contributed by atoms with Gasteiger partial charge in [0.25, 0.3) is 0 Å². The summed E-state index contributed by atoms with van der Waals surface area (Å²) in [4.78, 5) is 12.2. The molecule has 4 nitrogen and oxygen atoms in total. The van der Waals surface area contributed by atoms with Crippen molar-refractivity contribution in [2.75, 3.05) is 0 Å². The molecule has 5 aromatic rings. The largest absolute Gasteiger partial charge is 0.464 e. The molecular weight excluding hydrogens is 372 g/mol. The monoisotopic (exact) mass is 394 g/mol. The Morgan fingerprint density at radius 3 is 2.43 bits per heavy atom. The summed E-state index contributed by atoms with van der Waals surface area (Å²) in [6.45, 7) is 4.93. The van der Waals surface area contributed by atoms with Crippen LogP contribution in [0.15, 0.2) is 77.4 Å². The second-order valence-corrected chi connectivity index (χ2v) is 7.86. The summed E-state index contributed by atoms with van der Waals surface area (Å²) in [6.07, 6.45) is 1.68. The summed E-state index contributed by atoms with van der Waals surface area (Å²) >= 11 is 0. The maximum Gasteiger partial charge on any atom is 0.249 e. The highest BCUT2D eigenvalue weighted by molar-refractivity contribution is 6.18. The highest BCUT2D eigenvalue weighted by atomic mass is 16.3. The van der Waals surface area contributed by atoms with E-state index in [1.165, 1.54) is 16.7 Å². The number of aromatic nitrogens is 1. The SMILES string of the molecule is Cc1cc(C)cc(Cn2c3cc(-c4ccco4)ccc3c3c(C(N)=O)cccc32)c1. The zero-order chi connectivity index (χ0) is 20.8. The fraction of sp³-hybridized carbons (Fsp3) is 0.115. The number of carbonyl (C=O) groups is 1. The molecule has 2 heterocycles. The molecule has 0 saturated heterocycles. The number of furan rings is 1. The normalized spacial score (nSPS) is 11.4. The Morgan fingerprint density at radius 2 is 1.73 bits per heavy atom. The molecule has 5 rings (SSSR count). The summed E-state index contributed by atoms with van der Waals surface area (Å²) in [5, 5.41) is 1.91. The molecule has 0 unspecified atom stereocenters. The maximum absolute atomic E-state index is 12.2. The summed E-state index contributed by atoms with van der Waals surface area (Å²) < 4.78 is 7.87. The molecule has 148 valence electrons. The first-order valence-electron chi connectivity index (χ1n) is 9.97. The van der Waals surface area contributed by atoms with Crippen LogP contribution in [0.4, 0.5) is 0 Å². The van der Waals surface area contributed by atoms with E-state index in [9.17, 15) is 4.79 Å². The minimum atomic E-state index is -0.416. The smallest absolute Gasteiger partial charge is 0.249 e. The molecule has 0 saturated carbocycles. The number of aryl methyl sites for hydroxylation is 2. The molecule has 0 radical (unpaired) electrons. The van der Waals surface area contributed by atoms with Crippen LogP contribution in [0.1, 0.15) is 27.0 Å². The summed E-state index contributed by atoms with van der Waals surface area (Å²) in [7, 11) is 0. The molecule has 0 aliphatic carbocycles. The predicted octanol–water partition coefficient (Wildman–Crippen LogP) is 5.82. The third kappa shape index (κ3) is 2.98. The van der Waals surface area contributed by atoms with E-state index < -0.39 is 5.91 Å². The molecule has 0 aliphatic rings. The third-order valence-electron chi connectivity index (χ3n) is 5.58. The number of hydrogen-bond donors (Lipinski definition) is 1. The number of rotatable bonds is 4. The molecule has 3 aromatic carbocycles. The van der Waals surface area contributed by atoms with Crippen molar-refractivity contribution in [1.29, 1.82) is 0 Å². The van der Waals surface area contributed by atoms with E-state index in [-0.39, 0.29) is 0 Å². The number of nitrogens with zero attached hydrogens (tertiary/aromatic N) is 1.